The molecule has 0 aromatic carbocycles. The number of hydrogen-bond donors (Lipinski definition) is 2. The highest BCUT2D eigenvalue weighted by Gasteiger charge is 2.39. The number of ether oxygens (including phenoxy) is 1. The maximum atomic E-state index is 11.8. The fraction of sp³-hybridized carbons (Fsp3) is 0.929. The van der Waals surface area contributed by atoms with E-state index in [1.54, 1.807) is 0 Å². The minimum Gasteiger partial charge on any atom is -0.375 e. The molecule has 3 aliphatic rings. The van der Waals surface area contributed by atoms with Crippen molar-refractivity contribution in [3.63, 3.8) is 0 Å². The van der Waals surface area contributed by atoms with Crippen molar-refractivity contribution in [1.82, 2.24) is 10.6 Å². The maximum absolute atomic E-state index is 11.8. The van der Waals surface area contributed by atoms with E-state index in [1.165, 1.54) is 24.3 Å². The molecule has 3 fully saturated rings. The molecule has 0 bridgehead atoms. The maximum Gasteiger partial charge on any atom is 0.237 e. The van der Waals surface area contributed by atoms with Crippen LogP contribution in [0.3, 0.4) is 0 Å². The first-order valence-electron chi connectivity index (χ1n) is 7.53. The highest BCUT2D eigenvalue weighted by molar-refractivity contribution is 7.99. The van der Waals surface area contributed by atoms with Gasteiger partial charge in [0.05, 0.1) is 11.6 Å². The molecule has 0 aliphatic carbocycles. The molecule has 3 aliphatic heterocycles. The summed E-state index contributed by atoms with van der Waals surface area (Å²) in [6, 6.07) is 0.470. The Morgan fingerprint density at radius 2 is 2.16 bits per heavy atom. The van der Waals surface area contributed by atoms with Crippen molar-refractivity contribution in [3.8, 4) is 0 Å². The zero-order valence-corrected chi connectivity index (χ0v) is 12.3. The van der Waals surface area contributed by atoms with Gasteiger partial charge < -0.3 is 15.4 Å². The third-order valence-corrected chi connectivity index (χ3v) is 5.60. The number of thioether (sulfide) groups is 1. The van der Waals surface area contributed by atoms with Crippen LogP contribution < -0.4 is 10.6 Å². The van der Waals surface area contributed by atoms with Gasteiger partial charge in [0.1, 0.15) is 0 Å². The molecule has 2 atom stereocenters. The van der Waals surface area contributed by atoms with Gasteiger partial charge in [-0.15, -0.1) is 0 Å². The van der Waals surface area contributed by atoms with Gasteiger partial charge in [0.15, 0.2) is 0 Å². The first-order valence-corrected chi connectivity index (χ1v) is 8.68. The summed E-state index contributed by atoms with van der Waals surface area (Å²) in [5.74, 6) is 2.62. The molecule has 1 amide bonds. The minimum atomic E-state index is 0.0202. The van der Waals surface area contributed by atoms with E-state index in [2.05, 4.69) is 10.6 Å². The van der Waals surface area contributed by atoms with E-state index < -0.39 is 0 Å². The topological polar surface area (TPSA) is 50.4 Å². The van der Waals surface area contributed by atoms with Crippen LogP contribution in [-0.4, -0.2) is 48.2 Å². The lowest BCUT2D eigenvalue weighted by Gasteiger charge is -2.44. The van der Waals surface area contributed by atoms with Gasteiger partial charge in [-0.3, -0.25) is 4.79 Å². The van der Waals surface area contributed by atoms with Crippen LogP contribution in [0.2, 0.25) is 0 Å². The Bertz CT molecular complexity index is 326. The van der Waals surface area contributed by atoms with E-state index in [-0.39, 0.29) is 17.6 Å². The fourth-order valence-corrected chi connectivity index (χ4v) is 4.71. The summed E-state index contributed by atoms with van der Waals surface area (Å²) in [4.78, 5) is 11.8. The molecule has 0 aromatic heterocycles. The standard InChI is InChI=1S/C14H24N2O2S/c17-13-12(2-1-6-15-13)16-11-3-7-18-14(10-11)4-8-19-9-5-14/h11-12,16H,1-10H2,(H,15,17). The van der Waals surface area contributed by atoms with Crippen LogP contribution in [0.5, 0.6) is 0 Å². The van der Waals surface area contributed by atoms with Crippen molar-refractivity contribution in [3.05, 3.63) is 0 Å². The second-order valence-electron chi connectivity index (χ2n) is 5.99. The zero-order chi connectivity index (χ0) is 13.1. The van der Waals surface area contributed by atoms with Crippen molar-refractivity contribution in [2.45, 2.75) is 56.2 Å². The van der Waals surface area contributed by atoms with Crippen molar-refractivity contribution < 1.29 is 9.53 Å². The number of nitrogens with one attached hydrogen (secondary N) is 2. The average Bonchev–Trinajstić information content (AvgIpc) is 2.42. The van der Waals surface area contributed by atoms with Crippen LogP contribution in [0, 0.1) is 0 Å². The molecule has 19 heavy (non-hydrogen) atoms. The van der Waals surface area contributed by atoms with Gasteiger partial charge >= 0.3 is 0 Å². The smallest absolute Gasteiger partial charge is 0.237 e. The van der Waals surface area contributed by atoms with Crippen molar-refractivity contribution in [1.29, 1.82) is 0 Å². The molecule has 3 saturated heterocycles. The molecule has 0 radical (unpaired) electrons. The van der Waals surface area contributed by atoms with Gasteiger partial charge in [0, 0.05) is 19.2 Å². The van der Waals surface area contributed by atoms with Crippen molar-refractivity contribution in [2.24, 2.45) is 0 Å². The number of hydrogen-bond acceptors (Lipinski definition) is 4. The molecular formula is C14H24N2O2S. The summed E-state index contributed by atoms with van der Waals surface area (Å²) in [6.07, 6.45) is 6.54. The SMILES string of the molecule is O=C1NCCCC1NC1CCOC2(CCSCC2)C1. The lowest BCUT2D eigenvalue weighted by Crippen LogP contribution is -2.56. The van der Waals surface area contributed by atoms with E-state index in [9.17, 15) is 4.79 Å². The van der Waals surface area contributed by atoms with Crippen molar-refractivity contribution >= 4 is 17.7 Å². The normalized spacial score (nSPS) is 35.1. The van der Waals surface area contributed by atoms with Crippen molar-refractivity contribution in [2.75, 3.05) is 24.7 Å². The summed E-state index contributed by atoms with van der Waals surface area (Å²) in [6.45, 7) is 1.68. The third kappa shape index (κ3) is 3.26. The Hall–Kier alpha value is -0.260. The number of piperidine rings is 1. The molecule has 3 rings (SSSR count). The van der Waals surface area contributed by atoms with Crippen LogP contribution in [0.25, 0.3) is 0 Å². The lowest BCUT2D eigenvalue weighted by atomic mass is 9.85. The molecular weight excluding hydrogens is 260 g/mol. The minimum absolute atomic E-state index is 0.0202. The summed E-state index contributed by atoms with van der Waals surface area (Å²) in [7, 11) is 0. The van der Waals surface area contributed by atoms with E-state index >= 15 is 0 Å². The second-order valence-corrected chi connectivity index (χ2v) is 7.21. The Balaban J connectivity index is 1.57. The molecule has 0 saturated carbocycles. The summed E-state index contributed by atoms with van der Waals surface area (Å²) >= 11 is 2.04. The third-order valence-electron chi connectivity index (χ3n) is 4.62. The molecule has 1 spiro atoms. The van der Waals surface area contributed by atoms with Gasteiger partial charge in [0.2, 0.25) is 5.91 Å². The number of rotatable bonds is 2. The Morgan fingerprint density at radius 1 is 1.32 bits per heavy atom. The van der Waals surface area contributed by atoms with Gasteiger partial charge in [-0.1, -0.05) is 0 Å². The molecule has 0 aromatic rings. The first kappa shape index (κ1) is 13.7. The highest BCUT2D eigenvalue weighted by Crippen LogP contribution is 2.37. The van der Waals surface area contributed by atoms with E-state index in [4.69, 9.17) is 4.74 Å². The molecule has 2 unspecified atom stereocenters. The summed E-state index contributed by atoms with van der Waals surface area (Å²) < 4.78 is 6.10. The molecule has 2 N–H and O–H groups in total. The van der Waals surface area contributed by atoms with E-state index in [1.807, 2.05) is 11.8 Å². The van der Waals surface area contributed by atoms with Crippen LogP contribution >= 0.6 is 11.8 Å². The Labute approximate surface area is 119 Å². The van der Waals surface area contributed by atoms with Gasteiger partial charge in [-0.2, -0.15) is 11.8 Å². The largest absolute Gasteiger partial charge is 0.375 e. The predicted octanol–water partition coefficient (Wildman–Crippen LogP) is 1.30. The number of amides is 1. The van der Waals surface area contributed by atoms with Gasteiger partial charge in [-0.25, -0.2) is 0 Å². The van der Waals surface area contributed by atoms with Crippen LogP contribution in [0.15, 0.2) is 0 Å². The molecule has 4 nitrogen and oxygen atoms in total. The Morgan fingerprint density at radius 3 is 2.95 bits per heavy atom. The lowest BCUT2D eigenvalue weighted by molar-refractivity contribution is -0.126. The Kier molecular flexibility index (Phi) is 4.34. The van der Waals surface area contributed by atoms with Gasteiger partial charge in [0.25, 0.3) is 0 Å². The van der Waals surface area contributed by atoms with E-state index in [0.717, 1.165) is 38.8 Å². The zero-order valence-electron chi connectivity index (χ0n) is 11.5. The van der Waals surface area contributed by atoms with Crippen LogP contribution in [0.4, 0.5) is 0 Å². The highest BCUT2D eigenvalue weighted by atomic mass is 32.2. The monoisotopic (exact) mass is 284 g/mol. The van der Waals surface area contributed by atoms with Crippen LogP contribution in [-0.2, 0) is 9.53 Å². The molecule has 108 valence electrons. The number of carbonyl (C=O) groups excluding carboxylic acids is 1. The first-order chi connectivity index (χ1) is 9.27. The second kappa shape index (κ2) is 6.02. The summed E-state index contributed by atoms with van der Waals surface area (Å²) in [5.41, 5.74) is 0.103. The van der Waals surface area contributed by atoms with Gasteiger partial charge in [-0.05, 0) is 50.0 Å². The fourth-order valence-electron chi connectivity index (χ4n) is 3.48. The average molecular weight is 284 g/mol. The molecule has 5 heteroatoms. The number of carbonyl (C=O) groups is 1. The van der Waals surface area contributed by atoms with E-state index in [0.29, 0.717) is 6.04 Å². The predicted molar refractivity (Wildman–Crippen MR) is 77.4 cm³/mol. The summed E-state index contributed by atoms with van der Waals surface area (Å²) in [5, 5.41) is 6.54. The van der Waals surface area contributed by atoms with Crippen LogP contribution in [0.1, 0.15) is 38.5 Å². The molecule has 3 heterocycles. The quantitative estimate of drug-likeness (QED) is 0.802.